The largest absolute Gasteiger partial charge is 0.383 e. The normalized spacial score (nSPS) is 18.2. The molecule has 0 spiro atoms. The predicted molar refractivity (Wildman–Crippen MR) is 115 cm³/mol. The average molecular weight is 406 g/mol. The van der Waals surface area contributed by atoms with E-state index in [9.17, 15) is 4.79 Å². The molecule has 1 aliphatic heterocycles. The quantitative estimate of drug-likeness (QED) is 0.667. The van der Waals surface area contributed by atoms with Gasteiger partial charge in [-0.2, -0.15) is 0 Å². The number of nitrogens with zero attached hydrogens (tertiary/aromatic N) is 3. The second-order valence-electron chi connectivity index (χ2n) is 8.67. The lowest BCUT2D eigenvalue weighted by molar-refractivity contribution is 0.0682. The van der Waals surface area contributed by atoms with Crippen molar-refractivity contribution in [3.63, 3.8) is 0 Å². The summed E-state index contributed by atoms with van der Waals surface area (Å²) in [5.74, 6) is 1.07. The molecule has 3 aromatic rings. The number of nitrogens with two attached hydrogens (primary N) is 1. The number of aromatic nitrogens is 3. The Hall–Kier alpha value is -2.93. The van der Waals surface area contributed by atoms with Crippen LogP contribution in [0.2, 0.25) is 0 Å². The second kappa shape index (κ2) is 7.09. The van der Waals surface area contributed by atoms with E-state index in [1.165, 1.54) is 18.4 Å². The number of carbonyl (C=O) groups is 1. The lowest BCUT2D eigenvalue weighted by Gasteiger charge is -2.26. The molecule has 4 heterocycles. The fourth-order valence-electron chi connectivity index (χ4n) is 4.26. The van der Waals surface area contributed by atoms with E-state index in [0.717, 1.165) is 22.3 Å². The first kappa shape index (κ1) is 19.1. The summed E-state index contributed by atoms with van der Waals surface area (Å²) in [6, 6.07) is 6.00. The summed E-state index contributed by atoms with van der Waals surface area (Å²) in [4.78, 5) is 27.6. The molecule has 1 amide bonds. The van der Waals surface area contributed by atoms with Crippen molar-refractivity contribution in [2.45, 2.75) is 64.8 Å². The Morgan fingerprint density at radius 2 is 2.17 bits per heavy atom. The first-order valence-electron chi connectivity index (χ1n) is 10.6. The zero-order valence-corrected chi connectivity index (χ0v) is 17.6. The Morgan fingerprint density at radius 1 is 1.37 bits per heavy atom. The maximum absolute atomic E-state index is 13.4. The number of rotatable bonds is 5. The molecule has 156 valence electrons. The lowest BCUT2D eigenvalue weighted by Crippen LogP contribution is -2.36. The zero-order chi connectivity index (χ0) is 21.0. The molecule has 1 atom stereocenters. The standard InChI is InChI=1S/C23H27N5O2/c1-12(2)28(10-16-7-6-15(9-25-16)14-4-5-14)23(29)19-8-18-21(26-19)17-11-30-13(3)20(17)22(24)27-18/h6-9,12-14,26H,4-5,10-11H2,1-3H3,(H2,24,27)/t13-/m1/s1. The molecule has 0 saturated heterocycles. The fourth-order valence-corrected chi connectivity index (χ4v) is 4.26. The number of ether oxygens (including phenoxy) is 1. The van der Waals surface area contributed by atoms with Crippen LogP contribution in [0.5, 0.6) is 0 Å². The van der Waals surface area contributed by atoms with Crippen LogP contribution >= 0.6 is 0 Å². The zero-order valence-electron chi connectivity index (χ0n) is 17.6. The number of amides is 1. The predicted octanol–water partition coefficient (Wildman–Crippen LogP) is 4.06. The van der Waals surface area contributed by atoms with Crippen LogP contribution in [0, 0.1) is 0 Å². The van der Waals surface area contributed by atoms with Crippen molar-refractivity contribution in [3.8, 4) is 0 Å². The minimum atomic E-state index is -0.0869. The Labute approximate surface area is 175 Å². The summed E-state index contributed by atoms with van der Waals surface area (Å²) in [5, 5.41) is 0. The van der Waals surface area contributed by atoms with E-state index in [1.54, 1.807) is 6.07 Å². The highest BCUT2D eigenvalue weighted by atomic mass is 16.5. The summed E-state index contributed by atoms with van der Waals surface area (Å²) in [6.45, 7) is 6.93. The average Bonchev–Trinajstić information content (AvgIpc) is 3.37. The van der Waals surface area contributed by atoms with E-state index >= 15 is 0 Å². The summed E-state index contributed by atoms with van der Waals surface area (Å²) >= 11 is 0. The number of nitrogens with one attached hydrogen (secondary N) is 1. The molecular weight excluding hydrogens is 378 g/mol. The van der Waals surface area contributed by atoms with Crippen LogP contribution in [0.15, 0.2) is 24.4 Å². The monoisotopic (exact) mass is 405 g/mol. The highest BCUT2D eigenvalue weighted by Gasteiger charge is 2.29. The van der Waals surface area contributed by atoms with Crippen LogP contribution in [-0.2, 0) is 17.9 Å². The van der Waals surface area contributed by atoms with Gasteiger partial charge >= 0.3 is 0 Å². The third-order valence-corrected chi connectivity index (χ3v) is 6.17. The molecule has 0 bridgehead atoms. The van der Waals surface area contributed by atoms with Gasteiger partial charge in [0.05, 0.1) is 36.0 Å². The van der Waals surface area contributed by atoms with Gasteiger partial charge in [0.15, 0.2) is 0 Å². The maximum Gasteiger partial charge on any atom is 0.270 e. The number of anilines is 1. The second-order valence-corrected chi connectivity index (χ2v) is 8.67. The third kappa shape index (κ3) is 3.23. The maximum atomic E-state index is 13.4. The van der Waals surface area contributed by atoms with Crippen LogP contribution in [0.25, 0.3) is 11.0 Å². The SMILES string of the molecule is CC(C)N(Cc1ccc(C2CC2)cn1)C(=O)c1cc2nc(N)c3c(c2[nH]1)CO[C@@H]3C. The van der Waals surface area contributed by atoms with E-state index in [0.29, 0.717) is 36.1 Å². The molecule has 30 heavy (non-hydrogen) atoms. The molecule has 1 saturated carbocycles. The highest BCUT2D eigenvalue weighted by molar-refractivity contribution is 5.98. The first-order valence-corrected chi connectivity index (χ1v) is 10.6. The summed E-state index contributed by atoms with van der Waals surface area (Å²) in [5.41, 5.74) is 12.3. The first-order chi connectivity index (χ1) is 14.4. The molecule has 7 nitrogen and oxygen atoms in total. The lowest BCUT2D eigenvalue weighted by atomic mass is 10.1. The van der Waals surface area contributed by atoms with E-state index in [4.69, 9.17) is 10.5 Å². The van der Waals surface area contributed by atoms with Crippen molar-refractivity contribution in [3.05, 3.63) is 52.5 Å². The Balaban J connectivity index is 1.44. The van der Waals surface area contributed by atoms with Crippen molar-refractivity contribution in [2.75, 3.05) is 5.73 Å². The van der Waals surface area contributed by atoms with Gasteiger partial charge in [0.25, 0.3) is 5.91 Å². The molecule has 0 unspecified atom stereocenters. The number of aromatic amines is 1. The van der Waals surface area contributed by atoms with Crippen LogP contribution in [-0.4, -0.2) is 31.8 Å². The molecular formula is C23H27N5O2. The molecule has 0 aromatic carbocycles. The Morgan fingerprint density at radius 3 is 2.83 bits per heavy atom. The number of pyridine rings is 2. The molecule has 5 rings (SSSR count). The fraction of sp³-hybridized carbons (Fsp3) is 0.435. The molecule has 7 heteroatoms. The summed E-state index contributed by atoms with van der Waals surface area (Å²) in [6.07, 6.45) is 4.38. The number of nitrogen functional groups attached to an aromatic ring is 1. The molecule has 3 N–H and O–H groups in total. The minimum absolute atomic E-state index is 0.0286. The van der Waals surface area contributed by atoms with E-state index in [2.05, 4.69) is 21.0 Å². The molecule has 2 aliphatic rings. The van der Waals surface area contributed by atoms with Crippen molar-refractivity contribution >= 4 is 22.8 Å². The van der Waals surface area contributed by atoms with Crippen LogP contribution in [0.1, 0.15) is 78.5 Å². The molecule has 1 aliphatic carbocycles. The van der Waals surface area contributed by atoms with Crippen LogP contribution in [0.3, 0.4) is 0 Å². The highest BCUT2D eigenvalue weighted by Crippen LogP contribution is 2.40. The molecule has 0 radical (unpaired) electrons. The van der Waals surface area contributed by atoms with Gasteiger partial charge < -0.3 is 20.4 Å². The van der Waals surface area contributed by atoms with Gasteiger partial charge in [0, 0.05) is 23.4 Å². The van der Waals surface area contributed by atoms with Gasteiger partial charge in [-0.1, -0.05) is 6.07 Å². The number of hydrogen-bond donors (Lipinski definition) is 2. The third-order valence-electron chi connectivity index (χ3n) is 6.17. The Kier molecular flexibility index (Phi) is 4.50. The summed E-state index contributed by atoms with van der Waals surface area (Å²) < 4.78 is 5.73. The van der Waals surface area contributed by atoms with E-state index < -0.39 is 0 Å². The van der Waals surface area contributed by atoms with E-state index in [-0.39, 0.29) is 18.1 Å². The van der Waals surface area contributed by atoms with Gasteiger partial charge in [-0.25, -0.2) is 4.98 Å². The number of fused-ring (bicyclic) bond motifs is 3. The van der Waals surface area contributed by atoms with Crippen LogP contribution in [0.4, 0.5) is 5.82 Å². The van der Waals surface area contributed by atoms with Crippen molar-refractivity contribution in [1.82, 2.24) is 19.9 Å². The smallest absolute Gasteiger partial charge is 0.270 e. The minimum Gasteiger partial charge on any atom is -0.383 e. The number of carbonyl (C=O) groups excluding carboxylic acids is 1. The topological polar surface area (TPSA) is 97.1 Å². The van der Waals surface area contributed by atoms with Gasteiger partial charge in [-0.05, 0) is 57.2 Å². The molecule has 1 fully saturated rings. The van der Waals surface area contributed by atoms with Gasteiger partial charge in [0.1, 0.15) is 11.5 Å². The van der Waals surface area contributed by atoms with Gasteiger partial charge in [-0.3, -0.25) is 9.78 Å². The van der Waals surface area contributed by atoms with E-state index in [1.807, 2.05) is 37.9 Å². The molecule has 3 aromatic heterocycles. The number of H-pyrrole nitrogens is 1. The summed E-state index contributed by atoms with van der Waals surface area (Å²) in [7, 11) is 0. The van der Waals surface area contributed by atoms with Crippen molar-refractivity contribution < 1.29 is 9.53 Å². The van der Waals surface area contributed by atoms with Gasteiger partial charge in [0.2, 0.25) is 0 Å². The Bertz CT molecular complexity index is 1110. The van der Waals surface area contributed by atoms with Crippen LogP contribution < -0.4 is 5.73 Å². The van der Waals surface area contributed by atoms with Gasteiger partial charge in [-0.15, -0.1) is 0 Å². The van der Waals surface area contributed by atoms with Crippen molar-refractivity contribution in [1.29, 1.82) is 0 Å². The van der Waals surface area contributed by atoms with Crippen molar-refractivity contribution in [2.24, 2.45) is 0 Å². The number of hydrogen-bond acceptors (Lipinski definition) is 5.